The number of aryl methyl sites for hydroxylation is 2. The van der Waals surface area contributed by atoms with Crippen LogP contribution in [0.1, 0.15) is 11.1 Å². The Morgan fingerprint density at radius 2 is 0.674 bits per heavy atom. The molecule has 0 unspecified atom stereocenters. The Hall–Kier alpha value is -5.86. The van der Waals surface area contributed by atoms with E-state index in [1.807, 2.05) is 0 Å². The second kappa shape index (κ2) is 11.6. The molecule has 0 radical (unpaired) electrons. The standard InChI is InChI=1S/C44H34N2/c1-31-17-23-37(24-18-31)45(43-15-7-11-33-9-3-5-13-41(33)43)39-27-21-36-30-40(28-22-35(36)29-39)46(38-25-19-32(2)20-26-38)44-16-8-12-34-10-4-6-14-42(34)44/h3-30H,1-2H3. The molecular formula is C44H34N2. The molecule has 0 aliphatic carbocycles. The van der Waals surface area contributed by atoms with Crippen LogP contribution in [0.3, 0.4) is 0 Å². The molecule has 46 heavy (non-hydrogen) atoms. The SMILES string of the molecule is Cc1ccc(N(c2ccc3cc(N(c4ccc(C)cc4)c4cccc5ccccc45)ccc3c2)c2cccc3ccccc23)cc1. The van der Waals surface area contributed by atoms with Gasteiger partial charge in [0.05, 0.1) is 11.4 Å². The zero-order valence-electron chi connectivity index (χ0n) is 26.1. The van der Waals surface area contributed by atoms with Gasteiger partial charge >= 0.3 is 0 Å². The predicted octanol–water partition coefficient (Wildman–Crippen LogP) is 12.7. The van der Waals surface area contributed by atoms with Gasteiger partial charge in [0, 0.05) is 33.5 Å². The van der Waals surface area contributed by atoms with Gasteiger partial charge in [0.2, 0.25) is 0 Å². The second-order valence-corrected chi connectivity index (χ2v) is 12.1. The Kier molecular flexibility index (Phi) is 6.96. The van der Waals surface area contributed by atoms with Crippen molar-refractivity contribution in [3.8, 4) is 0 Å². The van der Waals surface area contributed by atoms with Gasteiger partial charge in [-0.2, -0.15) is 0 Å². The smallest absolute Gasteiger partial charge is 0.0540 e. The fourth-order valence-electron chi connectivity index (χ4n) is 6.55. The number of fused-ring (bicyclic) bond motifs is 3. The van der Waals surface area contributed by atoms with E-state index < -0.39 is 0 Å². The van der Waals surface area contributed by atoms with E-state index in [2.05, 4.69) is 194 Å². The third-order valence-corrected chi connectivity index (χ3v) is 8.92. The minimum atomic E-state index is 1.13. The lowest BCUT2D eigenvalue weighted by Gasteiger charge is -2.28. The van der Waals surface area contributed by atoms with E-state index in [-0.39, 0.29) is 0 Å². The quantitative estimate of drug-likeness (QED) is 0.190. The van der Waals surface area contributed by atoms with Gasteiger partial charge < -0.3 is 9.80 Å². The second-order valence-electron chi connectivity index (χ2n) is 12.1. The first-order valence-electron chi connectivity index (χ1n) is 15.9. The summed E-state index contributed by atoms with van der Waals surface area (Å²) in [5.74, 6) is 0. The van der Waals surface area contributed by atoms with Crippen molar-refractivity contribution in [2.45, 2.75) is 13.8 Å². The van der Waals surface area contributed by atoms with Gasteiger partial charge in [-0.3, -0.25) is 0 Å². The van der Waals surface area contributed by atoms with Gasteiger partial charge in [0.1, 0.15) is 0 Å². The number of hydrogen-bond acceptors (Lipinski definition) is 2. The number of anilines is 6. The van der Waals surface area contributed by atoms with Gasteiger partial charge in [-0.1, -0.05) is 120 Å². The third kappa shape index (κ3) is 5.04. The Bertz CT molecular complexity index is 2160. The fraction of sp³-hybridized carbons (Fsp3) is 0.0455. The molecule has 0 fully saturated rings. The number of benzene rings is 8. The summed E-state index contributed by atoms with van der Waals surface area (Å²) < 4.78 is 0. The molecule has 0 bridgehead atoms. The summed E-state index contributed by atoms with van der Waals surface area (Å²) in [5.41, 5.74) is 9.36. The van der Waals surface area contributed by atoms with E-state index >= 15 is 0 Å². The normalized spacial score (nSPS) is 11.3. The van der Waals surface area contributed by atoms with Crippen LogP contribution < -0.4 is 9.80 Å². The number of hydrogen-bond donors (Lipinski definition) is 0. The van der Waals surface area contributed by atoms with Gasteiger partial charge in [-0.25, -0.2) is 0 Å². The maximum Gasteiger partial charge on any atom is 0.0540 e. The lowest BCUT2D eigenvalue weighted by Crippen LogP contribution is -2.11. The van der Waals surface area contributed by atoms with Crippen molar-refractivity contribution in [1.29, 1.82) is 0 Å². The van der Waals surface area contributed by atoms with E-state index in [0.29, 0.717) is 0 Å². The predicted molar refractivity (Wildman–Crippen MR) is 198 cm³/mol. The first-order valence-corrected chi connectivity index (χ1v) is 15.9. The lowest BCUT2D eigenvalue weighted by molar-refractivity contribution is 1.29. The monoisotopic (exact) mass is 590 g/mol. The molecule has 8 rings (SSSR count). The van der Waals surface area contributed by atoms with E-state index in [4.69, 9.17) is 0 Å². The van der Waals surface area contributed by atoms with Crippen LogP contribution in [0.4, 0.5) is 34.1 Å². The van der Waals surface area contributed by atoms with Crippen molar-refractivity contribution in [3.05, 3.63) is 181 Å². The summed E-state index contributed by atoms with van der Waals surface area (Å²) in [7, 11) is 0. The van der Waals surface area contributed by atoms with Crippen LogP contribution in [0.15, 0.2) is 170 Å². The average Bonchev–Trinajstić information content (AvgIpc) is 3.10. The molecule has 0 heterocycles. The molecular weight excluding hydrogens is 556 g/mol. The summed E-state index contributed by atoms with van der Waals surface area (Å²) >= 11 is 0. The molecule has 8 aromatic carbocycles. The minimum absolute atomic E-state index is 1.13. The first-order chi connectivity index (χ1) is 22.6. The van der Waals surface area contributed by atoms with Gasteiger partial charge in [-0.05, 0) is 96.1 Å². The van der Waals surface area contributed by atoms with Crippen molar-refractivity contribution >= 4 is 66.4 Å². The van der Waals surface area contributed by atoms with Crippen LogP contribution in [0.5, 0.6) is 0 Å². The lowest BCUT2D eigenvalue weighted by atomic mass is 10.0. The summed E-state index contributed by atoms with van der Waals surface area (Å²) in [4.78, 5) is 4.76. The summed E-state index contributed by atoms with van der Waals surface area (Å²) in [6.07, 6.45) is 0. The van der Waals surface area contributed by atoms with Crippen molar-refractivity contribution in [2.24, 2.45) is 0 Å². The van der Waals surface area contributed by atoms with Gasteiger partial charge in [0.25, 0.3) is 0 Å². The largest absolute Gasteiger partial charge is 0.310 e. The molecule has 0 N–H and O–H groups in total. The Morgan fingerprint density at radius 1 is 0.304 bits per heavy atom. The first kappa shape index (κ1) is 27.7. The van der Waals surface area contributed by atoms with Crippen molar-refractivity contribution in [2.75, 3.05) is 9.80 Å². The number of rotatable bonds is 6. The van der Waals surface area contributed by atoms with Gasteiger partial charge in [-0.15, -0.1) is 0 Å². The zero-order chi connectivity index (χ0) is 31.0. The molecule has 0 aliphatic heterocycles. The minimum Gasteiger partial charge on any atom is -0.310 e. The van der Waals surface area contributed by atoms with Crippen molar-refractivity contribution < 1.29 is 0 Å². The summed E-state index contributed by atoms with van der Waals surface area (Å²) in [6, 6.07) is 61.6. The molecule has 0 aromatic heterocycles. The summed E-state index contributed by atoms with van der Waals surface area (Å²) in [5, 5.41) is 7.30. The number of nitrogens with zero attached hydrogens (tertiary/aromatic N) is 2. The Labute approximate surface area is 270 Å². The maximum absolute atomic E-state index is 2.38. The van der Waals surface area contributed by atoms with Crippen LogP contribution in [-0.4, -0.2) is 0 Å². The van der Waals surface area contributed by atoms with Crippen molar-refractivity contribution in [1.82, 2.24) is 0 Å². The zero-order valence-corrected chi connectivity index (χ0v) is 26.1. The Balaban J connectivity index is 1.28. The maximum atomic E-state index is 2.38. The highest BCUT2D eigenvalue weighted by Crippen LogP contribution is 2.42. The van der Waals surface area contributed by atoms with Crippen LogP contribution in [0, 0.1) is 13.8 Å². The van der Waals surface area contributed by atoms with Gasteiger partial charge in [0.15, 0.2) is 0 Å². The molecule has 0 saturated carbocycles. The topological polar surface area (TPSA) is 6.48 Å². The Morgan fingerprint density at radius 3 is 1.11 bits per heavy atom. The van der Waals surface area contributed by atoms with E-state index in [1.165, 1.54) is 54.8 Å². The fourth-order valence-corrected chi connectivity index (χ4v) is 6.55. The molecule has 0 amide bonds. The van der Waals surface area contributed by atoms with Crippen molar-refractivity contribution in [3.63, 3.8) is 0 Å². The molecule has 0 spiro atoms. The van der Waals surface area contributed by atoms with Crippen LogP contribution in [-0.2, 0) is 0 Å². The summed E-state index contributed by atoms with van der Waals surface area (Å²) in [6.45, 7) is 4.27. The third-order valence-electron chi connectivity index (χ3n) is 8.92. The molecule has 2 heteroatoms. The average molecular weight is 591 g/mol. The van der Waals surface area contributed by atoms with E-state index in [9.17, 15) is 0 Å². The molecule has 2 nitrogen and oxygen atoms in total. The van der Waals surface area contributed by atoms with Crippen LogP contribution in [0.25, 0.3) is 32.3 Å². The highest BCUT2D eigenvalue weighted by molar-refractivity contribution is 6.02. The van der Waals surface area contributed by atoms with E-state index in [1.54, 1.807) is 0 Å². The molecule has 0 saturated heterocycles. The highest BCUT2D eigenvalue weighted by atomic mass is 15.1. The molecule has 220 valence electrons. The van der Waals surface area contributed by atoms with E-state index in [0.717, 1.165) is 22.7 Å². The molecule has 8 aromatic rings. The molecule has 0 atom stereocenters. The molecule has 0 aliphatic rings. The van der Waals surface area contributed by atoms with Crippen LogP contribution in [0.2, 0.25) is 0 Å². The highest BCUT2D eigenvalue weighted by Gasteiger charge is 2.18. The van der Waals surface area contributed by atoms with Crippen LogP contribution >= 0.6 is 0 Å².